The van der Waals surface area contributed by atoms with Crippen LogP contribution in [0.15, 0.2) is 77.7 Å². The second kappa shape index (κ2) is 12.2. The Bertz CT molecular complexity index is 1220. The largest absolute Gasteiger partial charge is 0.497 e. The third kappa shape index (κ3) is 7.79. The Morgan fingerprint density at radius 3 is 2.11 bits per heavy atom. The molecule has 0 aromatic heterocycles. The van der Waals surface area contributed by atoms with Crippen LogP contribution in [0.1, 0.15) is 12.0 Å². The zero-order chi connectivity index (χ0) is 25.4. The van der Waals surface area contributed by atoms with Gasteiger partial charge in [-0.05, 0) is 53.1 Å². The summed E-state index contributed by atoms with van der Waals surface area (Å²) in [5.41, 5.74) is 2.51. The number of methoxy groups -OCH3 is 1. The van der Waals surface area contributed by atoms with E-state index in [1.807, 2.05) is 12.1 Å². The molecular weight excluding hydrogens is 493 g/mol. The van der Waals surface area contributed by atoms with Gasteiger partial charge in [0.05, 0.1) is 18.1 Å². The molecule has 0 aliphatic heterocycles. The van der Waals surface area contributed by atoms with E-state index in [4.69, 9.17) is 4.74 Å². The van der Waals surface area contributed by atoms with Gasteiger partial charge in [0.1, 0.15) is 17.6 Å². The van der Waals surface area contributed by atoms with Crippen LogP contribution in [0.4, 0.5) is 4.39 Å². The first-order valence-corrected chi connectivity index (χ1v) is 13.3. The summed E-state index contributed by atoms with van der Waals surface area (Å²) in [4.78, 5) is 11.6. The second-order valence-corrected chi connectivity index (χ2v) is 10.5. The maximum absolute atomic E-state index is 13.0. The summed E-state index contributed by atoms with van der Waals surface area (Å²) in [5, 5.41) is 19.8. The first-order chi connectivity index (χ1) is 16.7. The highest BCUT2D eigenvalue weighted by Crippen LogP contribution is 2.24. The quantitative estimate of drug-likeness (QED) is 0.332. The van der Waals surface area contributed by atoms with Gasteiger partial charge in [0.15, 0.2) is 0 Å². The zero-order valence-electron chi connectivity index (χ0n) is 18.9. The van der Waals surface area contributed by atoms with Gasteiger partial charge in [-0.15, -0.1) is 0 Å². The average molecular weight is 520 g/mol. The van der Waals surface area contributed by atoms with Crippen molar-refractivity contribution in [1.29, 1.82) is 0 Å². The van der Waals surface area contributed by atoms with Crippen LogP contribution in [0.3, 0.4) is 0 Å². The van der Waals surface area contributed by atoms with Gasteiger partial charge in [0.25, 0.3) is 0 Å². The van der Waals surface area contributed by atoms with Gasteiger partial charge in [0.2, 0.25) is 10.0 Å². The molecule has 7 nitrogen and oxygen atoms in total. The SMILES string of the molecule is COc1ccc(-c2ccc(S(=O)(=O)NC(CC(O)CSCc3ccc(F)cc3)C(=O)O)cc2)cc1. The lowest BCUT2D eigenvalue weighted by Gasteiger charge is -2.18. The molecule has 186 valence electrons. The van der Waals surface area contributed by atoms with E-state index in [1.54, 1.807) is 43.5 Å². The van der Waals surface area contributed by atoms with Crippen LogP contribution in [0.2, 0.25) is 0 Å². The number of carboxylic acids is 1. The van der Waals surface area contributed by atoms with E-state index in [9.17, 15) is 27.8 Å². The number of ether oxygens (including phenoxy) is 1. The first-order valence-electron chi connectivity index (χ1n) is 10.7. The van der Waals surface area contributed by atoms with Crippen molar-refractivity contribution >= 4 is 27.8 Å². The monoisotopic (exact) mass is 519 g/mol. The molecule has 2 atom stereocenters. The Morgan fingerprint density at radius 2 is 1.57 bits per heavy atom. The number of thioether (sulfide) groups is 1. The van der Waals surface area contributed by atoms with Crippen LogP contribution in [0, 0.1) is 5.82 Å². The molecule has 0 saturated carbocycles. The van der Waals surface area contributed by atoms with E-state index in [-0.39, 0.29) is 22.9 Å². The van der Waals surface area contributed by atoms with Gasteiger partial charge >= 0.3 is 5.97 Å². The number of hydrogen-bond acceptors (Lipinski definition) is 6. The molecule has 0 aliphatic rings. The summed E-state index contributed by atoms with van der Waals surface area (Å²) in [5.74, 6) is -0.328. The Kier molecular flexibility index (Phi) is 9.27. The molecule has 10 heteroatoms. The van der Waals surface area contributed by atoms with E-state index < -0.39 is 28.1 Å². The van der Waals surface area contributed by atoms with Gasteiger partial charge in [-0.1, -0.05) is 36.4 Å². The number of carboxylic acid groups (broad SMARTS) is 1. The van der Waals surface area contributed by atoms with Crippen LogP contribution in [-0.2, 0) is 20.6 Å². The number of halogens is 1. The summed E-state index contributed by atoms with van der Waals surface area (Å²) >= 11 is 1.34. The number of nitrogens with one attached hydrogen (secondary N) is 1. The summed E-state index contributed by atoms with van der Waals surface area (Å²) in [6.07, 6.45) is -1.35. The lowest BCUT2D eigenvalue weighted by atomic mass is 10.1. The van der Waals surface area contributed by atoms with E-state index in [2.05, 4.69) is 4.72 Å². The normalized spacial score (nSPS) is 13.2. The van der Waals surface area contributed by atoms with Crippen molar-refractivity contribution < 1.29 is 32.6 Å². The lowest BCUT2D eigenvalue weighted by Crippen LogP contribution is -2.43. The van der Waals surface area contributed by atoms with Crippen molar-refractivity contribution in [2.45, 2.75) is 29.2 Å². The smallest absolute Gasteiger partial charge is 0.321 e. The number of carbonyl (C=O) groups is 1. The lowest BCUT2D eigenvalue weighted by molar-refractivity contribution is -0.139. The maximum Gasteiger partial charge on any atom is 0.321 e. The summed E-state index contributed by atoms with van der Waals surface area (Å²) < 4.78 is 45.8. The number of hydrogen-bond donors (Lipinski definition) is 3. The second-order valence-electron chi connectivity index (χ2n) is 7.80. The molecule has 3 aromatic carbocycles. The highest BCUT2D eigenvalue weighted by Gasteiger charge is 2.27. The highest BCUT2D eigenvalue weighted by molar-refractivity contribution is 7.98. The fourth-order valence-corrected chi connectivity index (χ4v) is 5.45. The van der Waals surface area contributed by atoms with Crippen molar-refractivity contribution in [3.63, 3.8) is 0 Å². The van der Waals surface area contributed by atoms with Gasteiger partial charge < -0.3 is 14.9 Å². The molecule has 0 bridgehead atoms. The fourth-order valence-electron chi connectivity index (χ4n) is 3.30. The molecule has 0 aliphatic carbocycles. The number of benzene rings is 3. The standard InChI is InChI=1S/C25H26FNO6S2/c1-33-22-10-4-18(5-11-22)19-6-12-23(13-7-19)35(31,32)27-24(25(29)30)14-21(28)16-34-15-17-2-8-20(26)9-3-17/h2-13,21,24,27-28H,14-16H2,1H3,(H,29,30). The summed E-state index contributed by atoms with van der Waals surface area (Å²) in [6, 6.07) is 17.8. The van der Waals surface area contributed by atoms with Crippen LogP contribution >= 0.6 is 11.8 Å². The molecule has 0 saturated heterocycles. The zero-order valence-corrected chi connectivity index (χ0v) is 20.6. The van der Waals surface area contributed by atoms with Crippen LogP contribution in [0.5, 0.6) is 5.75 Å². The summed E-state index contributed by atoms with van der Waals surface area (Å²) in [7, 11) is -2.56. The third-order valence-electron chi connectivity index (χ3n) is 5.18. The van der Waals surface area contributed by atoms with Crippen LogP contribution < -0.4 is 9.46 Å². The van der Waals surface area contributed by atoms with Gasteiger partial charge in [-0.25, -0.2) is 12.8 Å². The molecule has 0 heterocycles. The van der Waals surface area contributed by atoms with Crippen molar-refractivity contribution in [1.82, 2.24) is 4.72 Å². The minimum absolute atomic E-state index is 0.0822. The number of aliphatic hydroxyl groups is 1. The average Bonchev–Trinajstić information content (AvgIpc) is 2.85. The molecule has 35 heavy (non-hydrogen) atoms. The fraction of sp³-hybridized carbons (Fsp3) is 0.240. The Balaban J connectivity index is 1.59. The van der Waals surface area contributed by atoms with Gasteiger partial charge in [-0.2, -0.15) is 16.5 Å². The van der Waals surface area contributed by atoms with Crippen LogP contribution in [0.25, 0.3) is 11.1 Å². The van der Waals surface area contributed by atoms with E-state index in [1.165, 1.54) is 36.0 Å². The van der Waals surface area contributed by atoms with E-state index in [0.29, 0.717) is 11.5 Å². The van der Waals surface area contributed by atoms with Gasteiger partial charge in [-0.3, -0.25) is 4.79 Å². The topological polar surface area (TPSA) is 113 Å². The van der Waals surface area contributed by atoms with Crippen LogP contribution in [-0.4, -0.2) is 49.6 Å². The number of rotatable bonds is 12. The van der Waals surface area contributed by atoms with E-state index >= 15 is 0 Å². The number of aliphatic hydroxyl groups excluding tert-OH is 1. The predicted molar refractivity (Wildman–Crippen MR) is 133 cm³/mol. The molecule has 0 radical (unpaired) electrons. The predicted octanol–water partition coefficient (Wildman–Crippen LogP) is 3.92. The maximum atomic E-state index is 13.0. The molecule has 0 fully saturated rings. The minimum atomic E-state index is -4.13. The molecule has 0 spiro atoms. The van der Waals surface area contributed by atoms with Crippen molar-refractivity contribution in [2.24, 2.45) is 0 Å². The summed E-state index contributed by atoms with van der Waals surface area (Å²) in [6.45, 7) is 0. The Hall–Kier alpha value is -2.92. The molecule has 3 rings (SSSR count). The third-order valence-corrected chi connectivity index (χ3v) is 7.83. The molecule has 3 N–H and O–H groups in total. The molecular formula is C25H26FNO6S2. The van der Waals surface area contributed by atoms with E-state index in [0.717, 1.165) is 16.7 Å². The Labute approximate surface area is 208 Å². The molecule has 3 aromatic rings. The van der Waals surface area contributed by atoms with Crippen molar-refractivity contribution in [3.05, 3.63) is 84.2 Å². The number of sulfonamides is 1. The minimum Gasteiger partial charge on any atom is -0.497 e. The van der Waals surface area contributed by atoms with Crippen molar-refractivity contribution in [2.75, 3.05) is 12.9 Å². The van der Waals surface area contributed by atoms with Crippen molar-refractivity contribution in [3.8, 4) is 16.9 Å². The van der Waals surface area contributed by atoms with Gasteiger partial charge in [0, 0.05) is 17.9 Å². The molecule has 2 unspecified atom stereocenters. The Morgan fingerprint density at radius 1 is 1.00 bits per heavy atom. The highest BCUT2D eigenvalue weighted by atomic mass is 32.2. The first kappa shape index (κ1) is 26.7. The molecule has 0 amide bonds. The number of aliphatic carboxylic acids is 1.